The van der Waals surface area contributed by atoms with Gasteiger partial charge in [0.2, 0.25) is 0 Å². The third kappa shape index (κ3) is 2.99. The Morgan fingerprint density at radius 1 is 1.28 bits per heavy atom. The summed E-state index contributed by atoms with van der Waals surface area (Å²) in [6.07, 6.45) is 5.36. The molecule has 1 saturated heterocycles. The highest BCUT2D eigenvalue weighted by molar-refractivity contribution is 5.37. The first-order chi connectivity index (χ1) is 8.81. The highest BCUT2D eigenvalue weighted by Gasteiger charge is 2.25. The van der Waals surface area contributed by atoms with Crippen molar-refractivity contribution in [1.82, 2.24) is 15.5 Å². The average Bonchev–Trinajstić information content (AvgIpc) is 3.22. The van der Waals surface area contributed by atoms with Crippen LogP contribution in [0.5, 0.6) is 0 Å². The lowest BCUT2D eigenvalue weighted by Gasteiger charge is -2.33. The average molecular weight is 246 g/mol. The molecule has 0 radical (unpaired) electrons. The molecule has 2 fully saturated rings. The molecule has 0 aromatic carbocycles. The minimum absolute atomic E-state index is 0.766. The second-order valence-electron chi connectivity index (χ2n) is 5.67. The zero-order valence-corrected chi connectivity index (χ0v) is 11.1. The molecule has 0 spiro atoms. The number of hydrogen-bond donors (Lipinski definition) is 1. The van der Waals surface area contributed by atoms with Gasteiger partial charge < -0.3 is 10.2 Å². The molecule has 0 bridgehead atoms. The summed E-state index contributed by atoms with van der Waals surface area (Å²) in [7, 11) is 0. The van der Waals surface area contributed by atoms with Crippen molar-refractivity contribution in [3.05, 3.63) is 17.8 Å². The van der Waals surface area contributed by atoms with Crippen LogP contribution in [0.3, 0.4) is 0 Å². The van der Waals surface area contributed by atoms with E-state index in [1.54, 1.807) is 0 Å². The van der Waals surface area contributed by atoms with E-state index in [2.05, 4.69) is 26.5 Å². The highest BCUT2D eigenvalue weighted by Crippen LogP contribution is 2.23. The Morgan fingerprint density at radius 2 is 2.17 bits per heavy atom. The van der Waals surface area contributed by atoms with Gasteiger partial charge in [-0.2, -0.15) is 5.10 Å². The second kappa shape index (κ2) is 5.22. The van der Waals surface area contributed by atoms with E-state index in [-0.39, 0.29) is 0 Å². The van der Waals surface area contributed by atoms with Crippen LogP contribution in [0.1, 0.15) is 31.4 Å². The van der Waals surface area contributed by atoms with Gasteiger partial charge in [0.05, 0.1) is 5.69 Å². The molecule has 2 aliphatic rings. The molecule has 1 N–H and O–H groups in total. The lowest BCUT2D eigenvalue weighted by atomic mass is 9.98. The van der Waals surface area contributed by atoms with Gasteiger partial charge >= 0.3 is 0 Å². The molecule has 3 rings (SSSR count). The first-order valence-electron chi connectivity index (χ1n) is 7.10. The molecule has 2 heterocycles. The lowest BCUT2D eigenvalue weighted by molar-refractivity contribution is 0.389. The summed E-state index contributed by atoms with van der Waals surface area (Å²) in [5, 5.41) is 12.1. The van der Waals surface area contributed by atoms with Crippen molar-refractivity contribution >= 4 is 5.82 Å². The van der Waals surface area contributed by atoms with Gasteiger partial charge in [-0.15, -0.1) is 5.10 Å². The predicted molar refractivity (Wildman–Crippen MR) is 72.7 cm³/mol. The van der Waals surface area contributed by atoms with Gasteiger partial charge in [-0.25, -0.2) is 0 Å². The monoisotopic (exact) mass is 246 g/mol. The van der Waals surface area contributed by atoms with E-state index in [4.69, 9.17) is 0 Å². The van der Waals surface area contributed by atoms with Gasteiger partial charge in [-0.05, 0) is 57.2 Å². The fourth-order valence-electron chi connectivity index (χ4n) is 2.62. The number of aryl methyl sites for hydroxylation is 1. The van der Waals surface area contributed by atoms with Crippen LogP contribution in [-0.2, 0) is 0 Å². The fraction of sp³-hybridized carbons (Fsp3) is 0.714. The molecule has 0 amide bonds. The zero-order chi connectivity index (χ0) is 12.4. The van der Waals surface area contributed by atoms with Crippen LogP contribution in [0.15, 0.2) is 12.1 Å². The van der Waals surface area contributed by atoms with Gasteiger partial charge in [0.25, 0.3) is 0 Å². The SMILES string of the molecule is Cc1ccc(N2CCCC(CNC3CC3)C2)nn1. The normalized spacial score (nSPS) is 24.3. The maximum absolute atomic E-state index is 4.30. The molecule has 18 heavy (non-hydrogen) atoms. The van der Waals surface area contributed by atoms with Crippen LogP contribution >= 0.6 is 0 Å². The summed E-state index contributed by atoms with van der Waals surface area (Å²) in [6, 6.07) is 4.97. The smallest absolute Gasteiger partial charge is 0.151 e. The maximum Gasteiger partial charge on any atom is 0.151 e. The van der Waals surface area contributed by atoms with E-state index in [0.29, 0.717) is 0 Å². The van der Waals surface area contributed by atoms with Crippen LogP contribution in [0.2, 0.25) is 0 Å². The van der Waals surface area contributed by atoms with Crippen LogP contribution in [-0.4, -0.2) is 35.9 Å². The summed E-state index contributed by atoms with van der Waals surface area (Å²) < 4.78 is 0. The van der Waals surface area contributed by atoms with E-state index in [1.165, 1.54) is 32.2 Å². The second-order valence-corrected chi connectivity index (χ2v) is 5.67. The number of nitrogens with one attached hydrogen (secondary N) is 1. The Kier molecular flexibility index (Phi) is 3.46. The van der Waals surface area contributed by atoms with Crippen LogP contribution in [0.4, 0.5) is 5.82 Å². The minimum Gasteiger partial charge on any atom is -0.355 e. The standard InChI is InChI=1S/C14H22N4/c1-11-4-7-14(17-16-11)18-8-2-3-12(10-18)9-15-13-5-6-13/h4,7,12-13,15H,2-3,5-6,8-10H2,1H3. The first kappa shape index (κ1) is 11.9. The van der Waals surface area contributed by atoms with E-state index >= 15 is 0 Å². The van der Waals surface area contributed by atoms with Crippen LogP contribution in [0.25, 0.3) is 0 Å². The van der Waals surface area contributed by atoms with Gasteiger partial charge in [-0.1, -0.05) is 0 Å². The van der Waals surface area contributed by atoms with Crippen molar-refractivity contribution in [3.8, 4) is 0 Å². The summed E-state index contributed by atoms with van der Waals surface area (Å²) in [5.74, 6) is 1.80. The van der Waals surface area contributed by atoms with Crippen molar-refractivity contribution < 1.29 is 0 Å². The summed E-state index contributed by atoms with van der Waals surface area (Å²) in [4.78, 5) is 2.38. The number of rotatable bonds is 4. The van der Waals surface area contributed by atoms with Crippen molar-refractivity contribution in [2.45, 2.75) is 38.6 Å². The van der Waals surface area contributed by atoms with Gasteiger partial charge in [0, 0.05) is 19.1 Å². The third-order valence-corrected chi connectivity index (χ3v) is 3.90. The van der Waals surface area contributed by atoms with E-state index in [9.17, 15) is 0 Å². The molecular formula is C14H22N4. The lowest BCUT2D eigenvalue weighted by Crippen LogP contribution is -2.40. The number of hydrogen-bond acceptors (Lipinski definition) is 4. The Morgan fingerprint density at radius 3 is 2.89 bits per heavy atom. The van der Waals surface area contributed by atoms with Crippen molar-refractivity contribution in [2.24, 2.45) is 5.92 Å². The van der Waals surface area contributed by atoms with Gasteiger partial charge in [0.1, 0.15) is 0 Å². The Balaban J connectivity index is 1.56. The number of aromatic nitrogens is 2. The Bertz CT molecular complexity index is 385. The third-order valence-electron chi connectivity index (χ3n) is 3.90. The molecule has 98 valence electrons. The molecular weight excluding hydrogens is 224 g/mol. The minimum atomic E-state index is 0.766. The predicted octanol–water partition coefficient (Wildman–Crippen LogP) is 1.75. The summed E-state index contributed by atoms with van der Waals surface area (Å²) in [5.41, 5.74) is 0.989. The topological polar surface area (TPSA) is 41.0 Å². The molecule has 1 aromatic heterocycles. The first-order valence-corrected chi connectivity index (χ1v) is 7.10. The van der Waals surface area contributed by atoms with Gasteiger partial charge in [-0.3, -0.25) is 0 Å². The molecule has 4 heteroatoms. The Labute approximate surface area is 109 Å². The number of nitrogens with zero attached hydrogens (tertiary/aromatic N) is 3. The molecule has 1 saturated carbocycles. The number of piperidine rings is 1. The van der Waals surface area contributed by atoms with Crippen molar-refractivity contribution in [2.75, 3.05) is 24.5 Å². The van der Waals surface area contributed by atoms with Gasteiger partial charge in [0.15, 0.2) is 5.82 Å². The zero-order valence-electron chi connectivity index (χ0n) is 11.1. The summed E-state index contributed by atoms with van der Waals surface area (Å²) >= 11 is 0. The van der Waals surface area contributed by atoms with E-state index in [1.807, 2.05) is 13.0 Å². The molecule has 1 aliphatic heterocycles. The van der Waals surface area contributed by atoms with E-state index < -0.39 is 0 Å². The van der Waals surface area contributed by atoms with E-state index in [0.717, 1.165) is 36.6 Å². The Hall–Kier alpha value is -1.16. The molecule has 1 aliphatic carbocycles. The molecule has 4 nitrogen and oxygen atoms in total. The summed E-state index contributed by atoms with van der Waals surface area (Å²) in [6.45, 7) is 5.39. The van der Waals surface area contributed by atoms with Crippen molar-refractivity contribution in [3.63, 3.8) is 0 Å². The quantitative estimate of drug-likeness (QED) is 0.879. The fourth-order valence-corrected chi connectivity index (χ4v) is 2.62. The molecule has 1 unspecified atom stereocenters. The van der Waals surface area contributed by atoms with Crippen molar-refractivity contribution in [1.29, 1.82) is 0 Å². The van der Waals surface area contributed by atoms with Crippen LogP contribution < -0.4 is 10.2 Å². The number of anilines is 1. The maximum atomic E-state index is 4.30. The van der Waals surface area contributed by atoms with Crippen LogP contribution in [0, 0.1) is 12.8 Å². The highest BCUT2D eigenvalue weighted by atomic mass is 15.3. The molecule has 1 atom stereocenters. The molecule has 1 aromatic rings. The largest absolute Gasteiger partial charge is 0.355 e.